The van der Waals surface area contributed by atoms with E-state index in [0.717, 1.165) is 12.5 Å². The largest absolute Gasteiger partial charge is 0.389 e. The predicted octanol–water partition coefficient (Wildman–Crippen LogP) is 1.86. The van der Waals surface area contributed by atoms with Gasteiger partial charge in [-0.3, -0.25) is 0 Å². The Labute approximate surface area is 107 Å². The maximum absolute atomic E-state index is 9.75. The van der Waals surface area contributed by atoms with Gasteiger partial charge in [0.15, 0.2) is 0 Å². The lowest BCUT2D eigenvalue weighted by atomic mass is 9.75. The normalized spacial score (nSPS) is 30.9. The number of nitrogens with one attached hydrogen (secondary N) is 1. The van der Waals surface area contributed by atoms with Crippen LogP contribution in [-0.4, -0.2) is 48.3 Å². The Balaban J connectivity index is 2.54. The molecule has 1 rings (SSSR count). The fourth-order valence-electron chi connectivity index (χ4n) is 2.96. The lowest BCUT2D eigenvalue weighted by molar-refractivity contribution is 0.0520. The van der Waals surface area contributed by atoms with Gasteiger partial charge in [0.05, 0.1) is 5.60 Å². The zero-order valence-corrected chi connectivity index (χ0v) is 12.2. The number of hydrogen-bond donors (Lipinski definition) is 2. The van der Waals surface area contributed by atoms with Crippen LogP contribution in [0.4, 0.5) is 0 Å². The molecule has 1 aliphatic rings. The van der Waals surface area contributed by atoms with Gasteiger partial charge in [0.2, 0.25) is 0 Å². The van der Waals surface area contributed by atoms with Gasteiger partial charge in [-0.1, -0.05) is 19.8 Å². The first-order valence-corrected chi connectivity index (χ1v) is 6.86. The van der Waals surface area contributed by atoms with E-state index < -0.39 is 5.60 Å². The summed E-state index contributed by atoms with van der Waals surface area (Å²) in [5.41, 5.74) is -0.337. The minimum absolute atomic E-state index is 0.281. The quantitative estimate of drug-likeness (QED) is 0.772. The van der Waals surface area contributed by atoms with Gasteiger partial charge >= 0.3 is 0 Å². The van der Waals surface area contributed by atoms with Crippen molar-refractivity contribution in [3.63, 3.8) is 0 Å². The molecule has 0 aromatic heterocycles. The van der Waals surface area contributed by atoms with Crippen LogP contribution in [0, 0.1) is 5.92 Å². The third-order valence-corrected chi connectivity index (χ3v) is 4.03. The maximum Gasteiger partial charge on any atom is 0.0715 e. The molecule has 0 aromatic carbocycles. The average molecular weight is 242 g/mol. The predicted molar refractivity (Wildman–Crippen MR) is 73.2 cm³/mol. The highest BCUT2D eigenvalue weighted by molar-refractivity contribution is 4.95. The molecule has 0 saturated heterocycles. The van der Waals surface area contributed by atoms with E-state index in [-0.39, 0.29) is 5.54 Å². The van der Waals surface area contributed by atoms with Crippen LogP contribution in [-0.2, 0) is 0 Å². The van der Waals surface area contributed by atoms with E-state index in [2.05, 4.69) is 31.2 Å². The smallest absolute Gasteiger partial charge is 0.0715 e. The lowest BCUT2D eigenvalue weighted by Gasteiger charge is -2.45. The summed E-state index contributed by atoms with van der Waals surface area (Å²) in [7, 11) is 4.37. The fourth-order valence-corrected chi connectivity index (χ4v) is 2.96. The van der Waals surface area contributed by atoms with E-state index in [0.29, 0.717) is 6.54 Å². The van der Waals surface area contributed by atoms with E-state index in [1.54, 1.807) is 0 Å². The molecule has 0 aliphatic heterocycles. The molecule has 1 fully saturated rings. The summed E-state index contributed by atoms with van der Waals surface area (Å²) in [6.07, 6.45) is 5.21. The number of hydrogen-bond acceptors (Lipinski definition) is 3. The second kappa shape index (κ2) is 5.68. The topological polar surface area (TPSA) is 35.5 Å². The molecule has 3 nitrogen and oxygen atoms in total. The molecule has 0 heterocycles. The Kier molecular flexibility index (Phi) is 4.99. The van der Waals surface area contributed by atoms with Crippen LogP contribution >= 0.6 is 0 Å². The van der Waals surface area contributed by atoms with Crippen molar-refractivity contribution >= 4 is 0 Å². The van der Waals surface area contributed by atoms with E-state index >= 15 is 0 Å². The Morgan fingerprint density at radius 2 is 2.06 bits per heavy atom. The first-order chi connectivity index (χ1) is 7.75. The molecule has 2 atom stereocenters. The second-order valence-electron chi connectivity index (χ2n) is 6.74. The third kappa shape index (κ3) is 4.57. The summed E-state index contributed by atoms with van der Waals surface area (Å²) in [5, 5.41) is 13.2. The van der Waals surface area contributed by atoms with E-state index in [1.807, 2.05) is 13.8 Å². The van der Waals surface area contributed by atoms with Gasteiger partial charge in [-0.05, 0) is 46.7 Å². The zero-order chi connectivity index (χ0) is 13.1. The fraction of sp³-hybridized carbons (Fsp3) is 1.00. The van der Waals surface area contributed by atoms with Crippen molar-refractivity contribution in [1.82, 2.24) is 10.2 Å². The van der Waals surface area contributed by atoms with E-state index in [4.69, 9.17) is 0 Å². The van der Waals surface area contributed by atoms with Gasteiger partial charge in [-0.15, -0.1) is 0 Å². The minimum atomic E-state index is -0.617. The molecular formula is C14H30N2O. The summed E-state index contributed by atoms with van der Waals surface area (Å²) in [4.78, 5) is 2.38. The summed E-state index contributed by atoms with van der Waals surface area (Å²) >= 11 is 0. The van der Waals surface area contributed by atoms with Gasteiger partial charge in [-0.25, -0.2) is 0 Å². The molecule has 0 spiro atoms. The lowest BCUT2D eigenvalue weighted by Crippen LogP contribution is -2.55. The van der Waals surface area contributed by atoms with Crippen molar-refractivity contribution in [2.45, 2.75) is 57.6 Å². The monoisotopic (exact) mass is 242 g/mol. The van der Waals surface area contributed by atoms with Crippen molar-refractivity contribution in [3.05, 3.63) is 0 Å². The molecule has 2 N–H and O–H groups in total. The minimum Gasteiger partial charge on any atom is -0.389 e. The maximum atomic E-state index is 9.75. The standard InChI is InChI=1S/C14H30N2O/c1-12-7-6-8-14(9-12,16(4)5)11-15-10-13(2,3)17/h12,15,17H,6-11H2,1-5H3. The van der Waals surface area contributed by atoms with E-state index in [9.17, 15) is 5.11 Å². The van der Waals surface area contributed by atoms with Crippen molar-refractivity contribution < 1.29 is 5.11 Å². The highest BCUT2D eigenvalue weighted by Crippen LogP contribution is 2.35. The summed E-state index contributed by atoms with van der Waals surface area (Å²) < 4.78 is 0. The van der Waals surface area contributed by atoms with Crippen LogP contribution in [0.15, 0.2) is 0 Å². The van der Waals surface area contributed by atoms with Crippen LogP contribution in [0.2, 0.25) is 0 Å². The van der Waals surface area contributed by atoms with Crippen LogP contribution < -0.4 is 5.32 Å². The highest BCUT2D eigenvalue weighted by Gasteiger charge is 2.36. The molecule has 0 radical (unpaired) electrons. The van der Waals surface area contributed by atoms with Gasteiger partial charge in [0.25, 0.3) is 0 Å². The van der Waals surface area contributed by atoms with Crippen molar-refractivity contribution in [1.29, 1.82) is 0 Å². The molecule has 0 bridgehead atoms. The number of likely N-dealkylation sites (N-methyl/N-ethyl adjacent to an activating group) is 1. The van der Waals surface area contributed by atoms with Crippen molar-refractivity contribution in [3.8, 4) is 0 Å². The van der Waals surface area contributed by atoms with Crippen LogP contribution in [0.3, 0.4) is 0 Å². The third-order valence-electron chi connectivity index (χ3n) is 4.03. The van der Waals surface area contributed by atoms with Crippen molar-refractivity contribution in [2.24, 2.45) is 5.92 Å². The highest BCUT2D eigenvalue weighted by atomic mass is 16.3. The van der Waals surface area contributed by atoms with Crippen molar-refractivity contribution in [2.75, 3.05) is 27.2 Å². The SMILES string of the molecule is CC1CCCC(CNCC(C)(C)O)(N(C)C)C1. The molecule has 1 aliphatic carbocycles. The average Bonchev–Trinajstić information content (AvgIpc) is 2.15. The number of nitrogens with zero attached hydrogens (tertiary/aromatic N) is 1. The Bertz CT molecular complexity index is 235. The zero-order valence-electron chi connectivity index (χ0n) is 12.2. The van der Waals surface area contributed by atoms with Gasteiger partial charge in [0, 0.05) is 18.6 Å². The molecule has 0 aromatic rings. The van der Waals surface area contributed by atoms with Crippen LogP contribution in [0.25, 0.3) is 0 Å². The first-order valence-electron chi connectivity index (χ1n) is 6.86. The Morgan fingerprint density at radius 1 is 1.41 bits per heavy atom. The van der Waals surface area contributed by atoms with Crippen LogP contribution in [0.5, 0.6) is 0 Å². The summed E-state index contributed by atoms with van der Waals surface area (Å²) in [5.74, 6) is 0.815. The Hall–Kier alpha value is -0.120. The summed E-state index contributed by atoms with van der Waals surface area (Å²) in [6.45, 7) is 7.70. The van der Waals surface area contributed by atoms with Gasteiger partial charge in [-0.2, -0.15) is 0 Å². The molecule has 2 unspecified atom stereocenters. The second-order valence-corrected chi connectivity index (χ2v) is 6.74. The van der Waals surface area contributed by atoms with Gasteiger partial charge in [0.1, 0.15) is 0 Å². The molecule has 0 amide bonds. The molecule has 3 heteroatoms. The van der Waals surface area contributed by atoms with Crippen LogP contribution in [0.1, 0.15) is 46.5 Å². The molecule has 1 saturated carbocycles. The first kappa shape index (κ1) is 14.9. The Morgan fingerprint density at radius 3 is 2.53 bits per heavy atom. The summed E-state index contributed by atoms with van der Waals surface area (Å²) in [6, 6.07) is 0. The van der Waals surface area contributed by atoms with E-state index in [1.165, 1.54) is 25.7 Å². The number of rotatable bonds is 5. The molecular weight excluding hydrogens is 212 g/mol. The van der Waals surface area contributed by atoms with Gasteiger partial charge < -0.3 is 15.3 Å². The molecule has 102 valence electrons. The molecule has 17 heavy (non-hydrogen) atoms. The number of aliphatic hydroxyl groups is 1.